The van der Waals surface area contributed by atoms with E-state index in [-0.39, 0.29) is 29.5 Å². The molecule has 2 amide bonds. The van der Waals surface area contributed by atoms with Crippen LogP contribution in [0.25, 0.3) is 0 Å². The van der Waals surface area contributed by atoms with Gasteiger partial charge in [0.2, 0.25) is 10.0 Å². The number of nitrogens with zero attached hydrogens (tertiary/aromatic N) is 3. The van der Waals surface area contributed by atoms with Crippen LogP contribution in [-0.4, -0.2) is 100 Å². The van der Waals surface area contributed by atoms with Gasteiger partial charge in [0.15, 0.2) is 0 Å². The quantitative estimate of drug-likeness (QED) is 0.410. The first-order chi connectivity index (χ1) is 25.0. The fourth-order valence-electron chi connectivity index (χ4n) is 9.16. The SMILES string of the molecule is CO[C@]1(CN2CCN3C(=O)OC[C@@H]3C2)CCC[C@H](C)[C@@H](C)S(=O)(=O)NC(=O)c2ccc3c(c2)N(CCCCc2cc(Cl)ccc2CO3)C[C@@H]2CC[C@H]21. The smallest absolute Gasteiger partial charge is 0.410 e. The number of fused-ring (bicyclic) bond motifs is 4. The second-order valence-electron chi connectivity index (χ2n) is 15.7. The van der Waals surface area contributed by atoms with Crippen LogP contribution in [0.3, 0.4) is 0 Å². The fraction of sp³-hybridized carbons (Fsp3) is 0.641. The molecule has 2 saturated heterocycles. The first kappa shape index (κ1) is 37.3. The van der Waals surface area contributed by atoms with Gasteiger partial charge in [-0.2, -0.15) is 0 Å². The predicted octanol–water partition coefficient (Wildman–Crippen LogP) is 5.88. The zero-order valence-corrected chi connectivity index (χ0v) is 32.2. The van der Waals surface area contributed by atoms with Crippen LogP contribution in [0.15, 0.2) is 36.4 Å². The standard InChI is InChI=1S/C39H53ClN4O7S/c1-26-7-6-15-39(49-3,25-42-17-18-44-33(22-42)24-51-38(44)46)34-13-10-30(34)21-43-16-5-4-8-28-19-32(40)12-9-31(28)23-50-36-14-11-29(20-35(36)43)37(45)41-52(47,48)27(26)2/h9,11-12,14,19-20,26-27,30,33-34H,4-8,10,13,15-18,21-25H2,1-3H3,(H,41,45)/t26-,27+,30-,33-,34+,39-/m0/s1. The van der Waals surface area contributed by atoms with Crippen LogP contribution in [-0.2, 0) is 32.5 Å². The van der Waals surface area contributed by atoms with E-state index < -0.39 is 26.8 Å². The topological polar surface area (TPSA) is 118 Å². The molecule has 284 valence electrons. The second-order valence-corrected chi connectivity index (χ2v) is 18.2. The van der Waals surface area contributed by atoms with E-state index in [1.165, 1.54) is 5.56 Å². The number of hydrogen-bond donors (Lipinski definition) is 1. The van der Waals surface area contributed by atoms with Gasteiger partial charge in [0.05, 0.1) is 22.6 Å². The third kappa shape index (κ3) is 7.63. The van der Waals surface area contributed by atoms with Crippen molar-refractivity contribution in [2.45, 2.75) is 88.7 Å². The Kier molecular flexibility index (Phi) is 11.0. The highest BCUT2D eigenvalue weighted by atomic mass is 35.5. The van der Waals surface area contributed by atoms with E-state index in [4.69, 9.17) is 25.8 Å². The summed E-state index contributed by atoms with van der Waals surface area (Å²) >= 11 is 6.40. The number of benzene rings is 2. The number of carbonyl (C=O) groups is 2. The zero-order chi connectivity index (χ0) is 36.6. The molecule has 0 aromatic heterocycles. The van der Waals surface area contributed by atoms with E-state index in [0.717, 1.165) is 88.9 Å². The summed E-state index contributed by atoms with van der Waals surface area (Å²) in [5.41, 5.74) is 2.89. The first-order valence-corrected chi connectivity index (χ1v) is 20.9. The Labute approximate surface area is 313 Å². The lowest BCUT2D eigenvalue weighted by molar-refractivity contribution is -0.134. The molecule has 7 rings (SSSR count). The number of carbonyl (C=O) groups excluding carboxylic acids is 2. The molecular weight excluding hydrogens is 704 g/mol. The number of methoxy groups -OCH3 is 1. The number of sulfonamides is 1. The number of amides is 2. The van der Waals surface area contributed by atoms with Gasteiger partial charge < -0.3 is 19.1 Å². The molecule has 3 fully saturated rings. The van der Waals surface area contributed by atoms with Crippen LogP contribution in [0.5, 0.6) is 5.75 Å². The molecule has 2 aromatic carbocycles. The molecular formula is C39H53ClN4O7S. The number of nitrogens with one attached hydrogen (secondary N) is 1. The number of cyclic esters (lactones) is 1. The molecule has 1 saturated carbocycles. The molecule has 2 bridgehead atoms. The van der Waals surface area contributed by atoms with Crippen molar-refractivity contribution in [2.75, 3.05) is 57.9 Å². The van der Waals surface area contributed by atoms with Crippen molar-refractivity contribution < 1.29 is 32.2 Å². The van der Waals surface area contributed by atoms with E-state index in [9.17, 15) is 18.0 Å². The molecule has 11 nitrogen and oxygen atoms in total. The first-order valence-electron chi connectivity index (χ1n) is 19.0. The summed E-state index contributed by atoms with van der Waals surface area (Å²) in [6, 6.07) is 11.3. The van der Waals surface area contributed by atoms with Crippen molar-refractivity contribution in [1.29, 1.82) is 0 Å². The maximum atomic E-state index is 13.6. The molecule has 0 spiro atoms. The summed E-state index contributed by atoms with van der Waals surface area (Å²) in [4.78, 5) is 32.5. The summed E-state index contributed by atoms with van der Waals surface area (Å²) in [6.07, 6.45) is 6.93. The van der Waals surface area contributed by atoms with Gasteiger partial charge in [-0.1, -0.05) is 31.0 Å². The number of hydrogen-bond acceptors (Lipinski definition) is 9. The highest BCUT2D eigenvalue weighted by molar-refractivity contribution is 7.90. The molecule has 0 radical (unpaired) electrons. The minimum atomic E-state index is -3.95. The van der Waals surface area contributed by atoms with Crippen molar-refractivity contribution in [3.63, 3.8) is 0 Å². The molecule has 6 atom stereocenters. The van der Waals surface area contributed by atoms with Gasteiger partial charge in [-0.15, -0.1) is 0 Å². The van der Waals surface area contributed by atoms with E-state index in [1.54, 1.807) is 19.1 Å². The molecule has 1 aliphatic carbocycles. The molecule has 4 heterocycles. The molecule has 1 N–H and O–H groups in total. The monoisotopic (exact) mass is 756 g/mol. The normalized spacial score (nSPS) is 31.4. The summed E-state index contributed by atoms with van der Waals surface area (Å²) in [6.45, 7) is 8.81. The van der Waals surface area contributed by atoms with E-state index in [2.05, 4.69) is 14.5 Å². The third-order valence-corrected chi connectivity index (χ3v) is 14.8. The third-order valence-electron chi connectivity index (χ3n) is 12.7. The van der Waals surface area contributed by atoms with Crippen LogP contribution >= 0.6 is 11.6 Å². The Morgan fingerprint density at radius 1 is 0.962 bits per heavy atom. The van der Waals surface area contributed by atoms with Gasteiger partial charge >= 0.3 is 6.09 Å². The number of rotatable bonds is 3. The highest BCUT2D eigenvalue weighted by Crippen LogP contribution is 2.48. The Hall–Kier alpha value is -3.06. The van der Waals surface area contributed by atoms with E-state index >= 15 is 0 Å². The van der Waals surface area contributed by atoms with Crippen molar-refractivity contribution in [3.05, 3.63) is 58.1 Å². The van der Waals surface area contributed by atoms with Crippen molar-refractivity contribution in [2.24, 2.45) is 17.8 Å². The van der Waals surface area contributed by atoms with Gasteiger partial charge in [0.25, 0.3) is 5.91 Å². The van der Waals surface area contributed by atoms with Crippen molar-refractivity contribution in [3.8, 4) is 5.75 Å². The maximum Gasteiger partial charge on any atom is 0.410 e. The van der Waals surface area contributed by atoms with E-state index in [1.807, 2.05) is 43.2 Å². The van der Waals surface area contributed by atoms with Crippen LogP contribution in [0.4, 0.5) is 10.5 Å². The van der Waals surface area contributed by atoms with Gasteiger partial charge in [-0.3, -0.25) is 14.6 Å². The van der Waals surface area contributed by atoms with E-state index in [0.29, 0.717) is 42.9 Å². The molecule has 2 aromatic rings. The molecule has 5 aliphatic rings. The number of piperazine rings is 1. The molecule has 52 heavy (non-hydrogen) atoms. The highest BCUT2D eigenvalue weighted by Gasteiger charge is 2.50. The lowest BCUT2D eigenvalue weighted by atomic mass is 9.62. The Bertz CT molecular complexity index is 1760. The van der Waals surface area contributed by atoms with Crippen LogP contribution < -0.4 is 14.4 Å². The number of ether oxygens (including phenoxy) is 3. The van der Waals surface area contributed by atoms with Gasteiger partial charge in [0.1, 0.15) is 19.0 Å². The molecule has 0 unspecified atom stereocenters. The molecule has 13 heteroatoms. The fourth-order valence-corrected chi connectivity index (χ4v) is 10.7. The largest absolute Gasteiger partial charge is 0.487 e. The van der Waals surface area contributed by atoms with Gasteiger partial charge in [-0.25, -0.2) is 17.9 Å². The Balaban J connectivity index is 1.24. The van der Waals surface area contributed by atoms with Crippen LogP contribution in [0.1, 0.15) is 80.3 Å². The Morgan fingerprint density at radius 2 is 1.81 bits per heavy atom. The number of aryl methyl sites for hydroxylation is 1. The minimum Gasteiger partial charge on any atom is -0.487 e. The maximum absolute atomic E-state index is 13.6. The predicted molar refractivity (Wildman–Crippen MR) is 200 cm³/mol. The number of anilines is 1. The minimum absolute atomic E-state index is 0.0471. The second kappa shape index (κ2) is 15.4. The average molecular weight is 757 g/mol. The van der Waals surface area contributed by atoms with Crippen molar-refractivity contribution >= 4 is 39.3 Å². The summed E-state index contributed by atoms with van der Waals surface area (Å²) in [5.74, 6) is 0.475. The van der Waals surface area contributed by atoms with Crippen LogP contribution in [0.2, 0.25) is 5.02 Å². The van der Waals surface area contributed by atoms with Crippen LogP contribution in [0, 0.1) is 17.8 Å². The molecule has 4 aliphatic heterocycles. The lowest BCUT2D eigenvalue weighted by Crippen LogP contribution is -2.61. The summed E-state index contributed by atoms with van der Waals surface area (Å²) < 4.78 is 48.2. The summed E-state index contributed by atoms with van der Waals surface area (Å²) in [7, 11) is -2.11. The summed E-state index contributed by atoms with van der Waals surface area (Å²) in [5, 5.41) is -0.0574. The average Bonchev–Trinajstić information content (AvgIpc) is 3.47. The lowest BCUT2D eigenvalue weighted by Gasteiger charge is -2.53. The van der Waals surface area contributed by atoms with Gasteiger partial charge in [-0.05, 0) is 111 Å². The number of halogens is 1. The zero-order valence-electron chi connectivity index (χ0n) is 30.7. The Morgan fingerprint density at radius 3 is 2.60 bits per heavy atom. The van der Waals surface area contributed by atoms with Gasteiger partial charge in [0, 0.05) is 57.0 Å². The van der Waals surface area contributed by atoms with Crippen molar-refractivity contribution in [1.82, 2.24) is 14.5 Å².